The van der Waals surface area contributed by atoms with E-state index in [0.717, 1.165) is 10.4 Å². The zero-order chi connectivity index (χ0) is 15.6. The molecule has 0 saturated heterocycles. The Bertz CT molecular complexity index is 574. The lowest BCUT2D eigenvalue weighted by molar-refractivity contribution is 0.380. The third kappa shape index (κ3) is 4.06. The van der Waals surface area contributed by atoms with Gasteiger partial charge < -0.3 is 5.32 Å². The molecule has 0 radical (unpaired) electrons. The maximum absolute atomic E-state index is 13.0. The van der Waals surface area contributed by atoms with E-state index in [2.05, 4.69) is 5.32 Å². The summed E-state index contributed by atoms with van der Waals surface area (Å²) in [6.45, 7) is 9.66. The van der Waals surface area contributed by atoms with Gasteiger partial charge in [-0.15, -0.1) is 11.3 Å². The van der Waals surface area contributed by atoms with Crippen LogP contribution in [0.2, 0.25) is 0 Å². The van der Waals surface area contributed by atoms with Gasteiger partial charge in [-0.2, -0.15) is 4.31 Å². The van der Waals surface area contributed by atoms with Crippen molar-refractivity contribution >= 4 is 21.4 Å². The third-order valence-electron chi connectivity index (χ3n) is 3.64. The second kappa shape index (κ2) is 6.77. The number of nitrogens with one attached hydrogen (secondary N) is 1. The summed E-state index contributed by atoms with van der Waals surface area (Å²) in [5.74, 6) is 0.326. The van der Waals surface area contributed by atoms with Crippen LogP contribution in [0.15, 0.2) is 10.3 Å². The molecule has 1 aromatic heterocycles. The molecule has 0 spiro atoms. The molecule has 1 N–H and O–H groups in total. The highest BCUT2D eigenvalue weighted by Gasteiger charge is 2.30. The Morgan fingerprint density at radius 3 is 2.62 bits per heavy atom. The maximum Gasteiger partial charge on any atom is 0.244 e. The Morgan fingerprint density at radius 1 is 1.43 bits per heavy atom. The molecule has 21 heavy (non-hydrogen) atoms. The van der Waals surface area contributed by atoms with E-state index < -0.39 is 10.0 Å². The molecule has 0 amide bonds. The molecule has 1 fully saturated rings. The van der Waals surface area contributed by atoms with Gasteiger partial charge in [0.25, 0.3) is 0 Å². The molecule has 0 atom stereocenters. The van der Waals surface area contributed by atoms with Gasteiger partial charge in [-0.05, 0) is 36.6 Å². The second-order valence-corrected chi connectivity index (χ2v) is 9.01. The predicted octanol–water partition coefficient (Wildman–Crippen LogP) is 2.98. The third-order valence-corrected chi connectivity index (χ3v) is 7.04. The van der Waals surface area contributed by atoms with Crippen LogP contribution in [0.1, 0.15) is 44.1 Å². The SMILES string of the molecule is CCN(CC(C)C)S(=O)(=O)c1c(C)csc1CNC1CC1. The monoisotopic (exact) mass is 330 g/mol. The number of sulfonamides is 1. The fourth-order valence-electron chi connectivity index (χ4n) is 2.41. The molecule has 0 aliphatic heterocycles. The smallest absolute Gasteiger partial charge is 0.244 e. The maximum atomic E-state index is 13.0. The molecular weight excluding hydrogens is 304 g/mol. The number of thiophene rings is 1. The molecule has 1 aromatic rings. The van der Waals surface area contributed by atoms with Crippen LogP contribution in [-0.2, 0) is 16.6 Å². The first kappa shape index (κ1) is 16.9. The summed E-state index contributed by atoms with van der Waals surface area (Å²) in [7, 11) is -3.39. The van der Waals surface area contributed by atoms with Crippen molar-refractivity contribution in [2.75, 3.05) is 13.1 Å². The number of hydrogen-bond donors (Lipinski definition) is 1. The Hall–Kier alpha value is -0.430. The first-order valence-electron chi connectivity index (χ1n) is 7.66. The van der Waals surface area contributed by atoms with Crippen molar-refractivity contribution in [2.24, 2.45) is 5.92 Å². The average molecular weight is 331 g/mol. The summed E-state index contributed by atoms with van der Waals surface area (Å²) in [5.41, 5.74) is 0.870. The molecular formula is C15H26N2O2S2. The van der Waals surface area contributed by atoms with E-state index in [1.54, 1.807) is 15.6 Å². The van der Waals surface area contributed by atoms with Crippen molar-refractivity contribution in [3.63, 3.8) is 0 Å². The zero-order valence-corrected chi connectivity index (χ0v) is 15.0. The van der Waals surface area contributed by atoms with Crippen LogP contribution in [0.4, 0.5) is 0 Å². The molecule has 2 rings (SSSR count). The van der Waals surface area contributed by atoms with Crippen molar-refractivity contribution in [3.8, 4) is 0 Å². The van der Waals surface area contributed by atoms with Gasteiger partial charge in [0.15, 0.2) is 0 Å². The molecule has 1 heterocycles. The van der Waals surface area contributed by atoms with Gasteiger partial charge in [-0.3, -0.25) is 0 Å². The van der Waals surface area contributed by atoms with E-state index in [9.17, 15) is 8.42 Å². The van der Waals surface area contributed by atoms with Crippen molar-refractivity contribution in [1.29, 1.82) is 0 Å². The van der Waals surface area contributed by atoms with Crippen LogP contribution >= 0.6 is 11.3 Å². The van der Waals surface area contributed by atoms with Crippen LogP contribution < -0.4 is 5.32 Å². The lowest BCUT2D eigenvalue weighted by Crippen LogP contribution is -2.35. The number of aryl methyl sites for hydroxylation is 1. The van der Waals surface area contributed by atoms with E-state index in [0.29, 0.717) is 36.5 Å². The van der Waals surface area contributed by atoms with Crippen LogP contribution in [0, 0.1) is 12.8 Å². The predicted molar refractivity (Wildman–Crippen MR) is 88.2 cm³/mol. The molecule has 1 aliphatic carbocycles. The largest absolute Gasteiger partial charge is 0.309 e. The molecule has 0 aromatic carbocycles. The van der Waals surface area contributed by atoms with E-state index in [-0.39, 0.29) is 0 Å². The van der Waals surface area contributed by atoms with Crippen molar-refractivity contribution < 1.29 is 8.42 Å². The first-order valence-corrected chi connectivity index (χ1v) is 9.98. The van der Waals surface area contributed by atoms with E-state index in [1.165, 1.54) is 12.8 Å². The van der Waals surface area contributed by atoms with E-state index >= 15 is 0 Å². The second-order valence-electron chi connectivity index (χ2n) is 6.18. The minimum Gasteiger partial charge on any atom is -0.309 e. The first-order chi connectivity index (χ1) is 9.86. The fourth-order valence-corrected chi connectivity index (χ4v) is 5.74. The summed E-state index contributed by atoms with van der Waals surface area (Å²) >= 11 is 1.55. The summed E-state index contributed by atoms with van der Waals surface area (Å²) in [6.07, 6.45) is 2.42. The number of hydrogen-bond acceptors (Lipinski definition) is 4. The van der Waals surface area contributed by atoms with Gasteiger partial charge in [0.2, 0.25) is 10.0 Å². The minimum absolute atomic E-state index is 0.326. The normalized spacial score (nSPS) is 16.1. The molecule has 1 saturated carbocycles. The van der Waals surface area contributed by atoms with E-state index in [1.807, 2.05) is 33.1 Å². The summed E-state index contributed by atoms with van der Waals surface area (Å²) in [6, 6.07) is 0.584. The van der Waals surface area contributed by atoms with Crippen LogP contribution in [0.3, 0.4) is 0 Å². The Morgan fingerprint density at radius 2 is 2.10 bits per heavy atom. The highest BCUT2D eigenvalue weighted by Crippen LogP contribution is 2.31. The molecule has 0 bridgehead atoms. The molecule has 6 heteroatoms. The van der Waals surface area contributed by atoms with Gasteiger partial charge in [0, 0.05) is 30.6 Å². The van der Waals surface area contributed by atoms with Gasteiger partial charge in [-0.25, -0.2) is 8.42 Å². The van der Waals surface area contributed by atoms with Gasteiger partial charge in [0.05, 0.1) is 0 Å². The summed E-state index contributed by atoms with van der Waals surface area (Å²) < 4.78 is 27.5. The quantitative estimate of drug-likeness (QED) is 0.797. The van der Waals surface area contributed by atoms with Crippen molar-refractivity contribution in [2.45, 2.75) is 58.0 Å². The molecule has 0 unspecified atom stereocenters. The standard InChI is InChI=1S/C15H26N2O2S2/c1-5-17(9-11(2)3)21(18,19)15-12(4)10-20-14(15)8-16-13-6-7-13/h10-11,13,16H,5-9H2,1-4H3. The van der Waals surface area contributed by atoms with Crippen molar-refractivity contribution in [1.82, 2.24) is 9.62 Å². The number of rotatable bonds is 8. The average Bonchev–Trinajstić information content (AvgIpc) is 3.15. The van der Waals surface area contributed by atoms with Gasteiger partial charge in [0.1, 0.15) is 4.90 Å². The Kier molecular flexibility index (Phi) is 5.46. The van der Waals surface area contributed by atoms with E-state index in [4.69, 9.17) is 0 Å². The minimum atomic E-state index is -3.39. The van der Waals surface area contributed by atoms with Gasteiger partial charge >= 0.3 is 0 Å². The van der Waals surface area contributed by atoms with Crippen LogP contribution in [0.25, 0.3) is 0 Å². The highest BCUT2D eigenvalue weighted by molar-refractivity contribution is 7.89. The van der Waals surface area contributed by atoms with Crippen LogP contribution in [-0.4, -0.2) is 31.9 Å². The lowest BCUT2D eigenvalue weighted by atomic mass is 10.2. The fraction of sp³-hybridized carbons (Fsp3) is 0.733. The zero-order valence-electron chi connectivity index (χ0n) is 13.3. The lowest BCUT2D eigenvalue weighted by Gasteiger charge is -2.23. The Balaban J connectivity index is 2.26. The van der Waals surface area contributed by atoms with Gasteiger partial charge in [-0.1, -0.05) is 20.8 Å². The number of nitrogens with zero attached hydrogens (tertiary/aromatic N) is 1. The highest BCUT2D eigenvalue weighted by atomic mass is 32.2. The Labute approximate surface area is 132 Å². The van der Waals surface area contributed by atoms with Crippen LogP contribution in [0.5, 0.6) is 0 Å². The summed E-state index contributed by atoms with van der Waals surface area (Å²) in [4.78, 5) is 1.48. The topological polar surface area (TPSA) is 49.4 Å². The molecule has 120 valence electrons. The van der Waals surface area contributed by atoms with Crippen molar-refractivity contribution in [3.05, 3.63) is 15.8 Å². The summed E-state index contributed by atoms with van der Waals surface area (Å²) in [5, 5.41) is 5.38. The molecule has 4 nitrogen and oxygen atoms in total. The molecule has 1 aliphatic rings.